The highest BCUT2D eigenvalue weighted by Crippen LogP contribution is 2.22. The third kappa shape index (κ3) is 5.28. The summed E-state index contributed by atoms with van der Waals surface area (Å²) in [4.78, 5) is 24.7. The predicted molar refractivity (Wildman–Crippen MR) is 128 cm³/mol. The first kappa shape index (κ1) is 23.5. The van der Waals surface area contributed by atoms with Crippen LogP contribution in [0.5, 0.6) is 0 Å². The number of hydrogen-bond acceptors (Lipinski definition) is 8. The topological polar surface area (TPSA) is 127 Å². The van der Waals surface area contributed by atoms with Gasteiger partial charge in [-0.15, -0.1) is 0 Å². The van der Waals surface area contributed by atoms with Gasteiger partial charge in [0.1, 0.15) is 22.0 Å². The number of aromatic nitrogens is 2. The third-order valence-corrected chi connectivity index (χ3v) is 7.05. The normalized spacial score (nSPS) is 12.3. The highest BCUT2D eigenvalue weighted by atomic mass is 32.2. The van der Waals surface area contributed by atoms with Gasteiger partial charge in [-0.25, -0.2) is 13.2 Å². The van der Waals surface area contributed by atoms with E-state index in [2.05, 4.69) is 23.5 Å². The van der Waals surface area contributed by atoms with Gasteiger partial charge in [0, 0.05) is 5.69 Å². The zero-order valence-electron chi connectivity index (χ0n) is 18.0. The number of nitrogens with one attached hydrogen (secondary N) is 2. The smallest absolute Gasteiger partial charge is 0.337 e. The number of benzene rings is 3. The van der Waals surface area contributed by atoms with Crippen LogP contribution in [0.25, 0.3) is 11.0 Å². The van der Waals surface area contributed by atoms with Gasteiger partial charge < -0.3 is 10.1 Å². The first-order chi connectivity index (χ1) is 16.4. The number of hydrogen-bond donors (Lipinski definition) is 2. The number of rotatable bonds is 8. The van der Waals surface area contributed by atoms with Crippen LogP contribution in [-0.4, -0.2) is 42.2 Å². The molecule has 34 heavy (non-hydrogen) atoms. The Morgan fingerprint density at radius 3 is 2.41 bits per heavy atom. The zero-order valence-corrected chi connectivity index (χ0v) is 19.6. The minimum absolute atomic E-state index is 0.0490. The molecule has 1 heterocycles. The first-order valence-corrected chi connectivity index (χ1v) is 12.4. The molecule has 0 aliphatic carbocycles. The molecular weight excluding hydrogens is 476 g/mol. The molecular formula is C23H20N4O5S2. The number of amides is 1. The van der Waals surface area contributed by atoms with Crippen molar-refractivity contribution in [1.82, 2.24) is 13.5 Å². The van der Waals surface area contributed by atoms with Crippen LogP contribution in [0.2, 0.25) is 0 Å². The lowest BCUT2D eigenvalue weighted by Gasteiger charge is -2.19. The van der Waals surface area contributed by atoms with Gasteiger partial charge in [0.15, 0.2) is 0 Å². The Labute approximate surface area is 200 Å². The number of sulfonamides is 1. The van der Waals surface area contributed by atoms with Crippen molar-refractivity contribution in [1.29, 1.82) is 0 Å². The van der Waals surface area contributed by atoms with E-state index in [4.69, 9.17) is 0 Å². The van der Waals surface area contributed by atoms with E-state index in [0.29, 0.717) is 16.8 Å². The molecule has 174 valence electrons. The Balaban J connectivity index is 1.60. The van der Waals surface area contributed by atoms with E-state index >= 15 is 0 Å². The molecule has 0 bridgehead atoms. The quantitative estimate of drug-likeness (QED) is 0.359. The number of esters is 1. The fourth-order valence-electron chi connectivity index (χ4n) is 3.32. The van der Waals surface area contributed by atoms with E-state index in [1.165, 1.54) is 25.3 Å². The number of nitrogens with zero attached hydrogens (tertiary/aromatic N) is 2. The van der Waals surface area contributed by atoms with Crippen molar-refractivity contribution in [2.75, 3.05) is 12.4 Å². The summed E-state index contributed by atoms with van der Waals surface area (Å²) in [6, 6.07) is 18.7. The summed E-state index contributed by atoms with van der Waals surface area (Å²) in [7, 11) is -2.82. The molecule has 1 unspecified atom stereocenters. The summed E-state index contributed by atoms with van der Waals surface area (Å²) in [5, 5.41) is 2.71. The molecule has 0 radical (unpaired) electrons. The Kier molecular flexibility index (Phi) is 6.96. The SMILES string of the molecule is COC(=O)c1ccc(NC(=O)C(Cc2ccccc2)NS(=O)(=O)c2cccc3nsnc23)cc1. The molecule has 0 aliphatic heterocycles. The molecule has 2 N–H and O–H groups in total. The van der Waals surface area contributed by atoms with E-state index in [0.717, 1.165) is 17.3 Å². The summed E-state index contributed by atoms with van der Waals surface area (Å²) in [6.45, 7) is 0. The van der Waals surface area contributed by atoms with Crippen LogP contribution < -0.4 is 10.0 Å². The Hall–Kier alpha value is -3.67. The number of methoxy groups -OCH3 is 1. The fraction of sp³-hybridized carbons (Fsp3) is 0.130. The number of carbonyl (C=O) groups is 2. The number of fused-ring (bicyclic) bond motifs is 1. The lowest BCUT2D eigenvalue weighted by molar-refractivity contribution is -0.117. The van der Waals surface area contributed by atoms with Crippen LogP contribution in [-0.2, 0) is 26.0 Å². The molecule has 11 heteroatoms. The molecule has 0 spiro atoms. The molecule has 0 fully saturated rings. The minimum atomic E-state index is -4.10. The highest BCUT2D eigenvalue weighted by molar-refractivity contribution is 7.89. The van der Waals surface area contributed by atoms with Gasteiger partial charge in [-0.2, -0.15) is 13.5 Å². The molecule has 4 rings (SSSR count). The molecule has 9 nitrogen and oxygen atoms in total. The second-order valence-corrected chi connectivity index (χ2v) is 9.52. The van der Waals surface area contributed by atoms with Gasteiger partial charge in [-0.3, -0.25) is 4.79 Å². The van der Waals surface area contributed by atoms with Gasteiger partial charge in [-0.1, -0.05) is 36.4 Å². The summed E-state index contributed by atoms with van der Waals surface area (Å²) in [6.07, 6.45) is 0.122. The lowest BCUT2D eigenvalue weighted by atomic mass is 10.1. The molecule has 4 aromatic rings. The van der Waals surface area contributed by atoms with Crippen LogP contribution in [0.4, 0.5) is 5.69 Å². The van der Waals surface area contributed by atoms with Crippen molar-refractivity contribution in [3.8, 4) is 0 Å². The number of carbonyl (C=O) groups excluding carboxylic acids is 2. The maximum atomic E-state index is 13.2. The Morgan fingerprint density at radius 2 is 1.71 bits per heavy atom. The molecule has 1 aromatic heterocycles. The maximum absolute atomic E-state index is 13.2. The summed E-state index contributed by atoms with van der Waals surface area (Å²) < 4.78 is 41.9. The number of ether oxygens (including phenoxy) is 1. The molecule has 1 atom stereocenters. The summed E-state index contributed by atoms with van der Waals surface area (Å²) in [5.41, 5.74) is 2.22. The Bertz CT molecular complexity index is 1420. The molecule has 3 aromatic carbocycles. The van der Waals surface area contributed by atoms with E-state index in [1.54, 1.807) is 24.3 Å². The van der Waals surface area contributed by atoms with Gasteiger partial charge in [-0.05, 0) is 48.4 Å². The van der Waals surface area contributed by atoms with Crippen molar-refractivity contribution < 1.29 is 22.7 Å². The van der Waals surface area contributed by atoms with Crippen molar-refractivity contribution in [3.63, 3.8) is 0 Å². The lowest BCUT2D eigenvalue weighted by Crippen LogP contribution is -2.45. The van der Waals surface area contributed by atoms with Crippen molar-refractivity contribution in [2.24, 2.45) is 0 Å². The van der Waals surface area contributed by atoms with Crippen molar-refractivity contribution in [3.05, 3.63) is 83.9 Å². The van der Waals surface area contributed by atoms with Crippen molar-refractivity contribution >= 4 is 50.3 Å². The largest absolute Gasteiger partial charge is 0.465 e. The van der Waals surface area contributed by atoms with E-state index in [-0.39, 0.29) is 16.8 Å². The van der Waals surface area contributed by atoms with Gasteiger partial charge in [0.25, 0.3) is 0 Å². The maximum Gasteiger partial charge on any atom is 0.337 e. The van der Waals surface area contributed by atoms with Crippen LogP contribution >= 0.6 is 11.7 Å². The second kappa shape index (κ2) is 10.1. The van der Waals surface area contributed by atoms with Crippen LogP contribution in [0.15, 0.2) is 77.7 Å². The van der Waals surface area contributed by atoms with Gasteiger partial charge in [0.2, 0.25) is 15.9 Å². The average Bonchev–Trinajstić information content (AvgIpc) is 3.33. The first-order valence-electron chi connectivity index (χ1n) is 10.1. The third-order valence-electron chi connectivity index (χ3n) is 5.01. The van der Waals surface area contributed by atoms with E-state index in [1.807, 2.05) is 30.3 Å². The van der Waals surface area contributed by atoms with Gasteiger partial charge >= 0.3 is 5.97 Å². The van der Waals surface area contributed by atoms with Crippen LogP contribution in [0, 0.1) is 0 Å². The predicted octanol–water partition coefficient (Wildman–Crippen LogP) is 3.01. The van der Waals surface area contributed by atoms with Gasteiger partial charge in [0.05, 0.1) is 24.4 Å². The summed E-state index contributed by atoms with van der Waals surface area (Å²) in [5.74, 6) is -1.06. The zero-order chi connectivity index (χ0) is 24.1. The second-order valence-electron chi connectivity index (χ2n) is 7.31. The Morgan fingerprint density at radius 1 is 0.971 bits per heavy atom. The molecule has 0 saturated carbocycles. The van der Waals surface area contributed by atoms with Crippen LogP contribution in [0.1, 0.15) is 15.9 Å². The molecule has 0 aliphatic rings. The fourth-order valence-corrected chi connectivity index (χ4v) is 5.29. The van der Waals surface area contributed by atoms with Crippen molar-refractivity contribution in [2.45, 2.75) is 17.4 Å². The standard InChI is InChI=1S/C23H20N4O5S2/c1-32-23(29)16-10-12-17(13-11-16)24-22(28)19(14-15-6-3-2-4-7-15)27-34(30,31)20-9-5-8-18-21(20)26-33-25-18/h2-13,19,27H,14H2,1H3,(H,24,28). The minimum Gasteiger partial charge on any atom is -0.465 e. The number of anilines is 1. The van der Waals surface area contributed by atoms with Crippen LogP contribution in [0.3, 0.4) is 0 Å². The molecule has 0 saturated heterocycles. The monoisotopic (exact) mass is 496 g/mol. The summed E-state index contributed by atoms with van der Waals surface area (Å²) >= 11 is 0.913. The van der Waals surface area contributed by atoms with E-state index < -0.39 is 27.9 Å². The molecule has 1 amide bonds. The average molecular weight is 497 g/mol. The van der Waals surface area contributed by atoms with E-state index in [9.17, 15) is 18.0 Å². The highest BCUT2D eigenvalue weighted by Gasteiger charge is 2.28.